The van der Waals surface area contributed by atoms with Crippen LogP contribution in [0.3, 0.4) is 0 Å². The summed E-state index contributed by atoms with van der Waals surface area (Å²) in [5, 5.41) is 2.36. The van der Waals surface area contributed by atoms with Crippen LogP contribution in [0.4, 0.5) is 5.69 Å². The van der Waals surface area contributed by atoms with Gasteiger partial charge in [0.2, 0.25) is 5.71 Å². The average molecular weight is 395 g/mol. The molecule has 7 rings (SSSR count). The molecule has 3 aliphatic rings. The largest absolute Gasteiger partial charge is 0.437 e. The van der Waals surface area contributed by atoms with Crippen LogP contribution in [-0.4, -0.2) is 4.98 Å². The SMILES string of the molecule is Cc1ccc2c(c1)N1Cc3ccc4c(oc5nc(C(C)C6CCCC6)ccc54)c3[C@H]21. The second-order valence-corrected chi connectivity index (χ2v) is 9.63. The van der Waals surface area contributed by atoms with E-state index in [1.165, 1.54) is 64.7 Å². The highest BCUT2D eigenvalue weighted by Crippen LogP contribution is 2.55. The third-order valence-electron chi connectivity index (χ3n) is 7.95. The summed E-state index contributed by atoms with van der Waals surface area (Å²) in [5.74, 6) is 1.28. The lowest BCUT2D eigenvalue weighted by Crippen LogP contribution is -2.33. The molecular formula is C27H26N2O. The van der Waals surface area contributed by atoms with Gasteiger partial charge in [-0.3, -0.25) is 0 Å². The molecule has 4 aromatic rings. The highest BCUT2D eigenvalue weighted by atomic mass is 16.3. The van der Waals surface area contributed by atoms with E-state index < -0.39 is 0 Å². The average Bonchev–Trinajstić information content (AvgIpc) is 3.47. The Labute approximate surface area is 176 Å². The van der Waals surface area contributed by atoms with Gasteiger partial charge in [0.05, 0.1) is 6.04 Å². The van der Waals surface area contributed by atoms with E-state index in [1.807, 2.05) is 0 Å². The summed E-state index contributed by atoms with van der Waals surface area (Å²) in [5.41, 5.74) is 9.91. The Hall–Kier alpha value is -2.81. The molecule has 0 saturated heterocycles. The van der Waals surface area contributed by atoms with Crippen LogP contribution in [0.15, 0.2) is 46.9 Å². The van der Waals surface area contributed by atoms with Crippen molar-refractivity contribution in [2.45, 2.75) is 58.0 Å². The summed E-state index contributed by atoms with van der Waals surface area (Å²) < 4.78 is 6.50. The van der Waals surface area contributed by atoms with E-state index in [0.717, 1.165) is 29.1 Å². The number of pyridine rings is 1. The van der Waals surface area contributed by atoms with Crippen LogP contribution < -0.4 is 4.90 Å². The highest BCUT2D eigenvalue weighted by molar-refractivity contribution is 6.06. The van der Waals surface area contributed by atoms with Gasteiger partial charge in [-0.1, -0.05) is 44.0 Å². The summed E-state index contributed by atoms with van der Waals surface area (Å²) >= 11 is 0. The highest BCUT2D eigenvalue weighted by Gasteiger charge is 2.43. The lowest BCUT2D eigenvalue weighted by molar-refractivity contribution is 0.452. The fourth-order valence-corrected chi connectivity index (χ4v) is 6.23. The maximum atomic E-state index is 6.50. The van der Waals surface area contributed by atoms with E-state index in [4.69, 9.17) is 9.40 Å². The predicted molar refractivity (Wildman–Crippen MR) is 121 cm³/mol. The van der Waals surface area contributed by atoms with E-state index in [1.54, 1.807) is 0 Å². The maximum absolute atomic E-state index is 6.50. The zero-order valence-electron chi connectivity index (χ0n) is 17.6. The lowest BCUT2D eigenvalue weighted by atomic mass is 9.88. The van der Waals surface area contributed by atoms with Gasteiger partial charge in [0.25, 0.3) is 0 Å². The molecule has 2 aromatic heterocycles. The first kappa shape index (κ1) is 16.9. The van der Waals surface area contributed by atoms with E-state index in [-0.39, 0.29) is 0 Å². The number of aryl methyl sites for hydroxylation is 1. The third-order valence-corrected chi connectivity index (χ3v) is 7.95. The lowest BCUT2D eigenvalue weighted by Gasteiger charge is -2.40. The predicted octanol–water partition coefficient (Wildman–Crippen LogP) is 7.01. The Kier molecular flexibility index (Phi) is 3.31. The first-order valence-corrected chi connectivity index (χ1v) is 11.4. The molecule has 0 N–H and O–H groups in total. The molecule has 4 heterocycles. The molecule has 3 heteroatoms. The molecule has 2 atom stereocenters. The molecule has 0 amide bonds. The van der Waals surface area contributed by atoms with Crippen molar-refractivity contribution in [3.63, 3.8) is 0 Å². The van der Waals surface area contributed by atoms with E-state index >= 15 is 0 Å². The first-order valence-electron chi connectivity index (χ1n) is 11.4. The molecule has 3 nitrogen and oxygen atoms in total. The van der Waals surface area contributed by atoms with E-state index in [9.17, 15) is 0 Å². The Morgan fingerprint density at radius 1 is 1.03 bits per heavy atom. The molecule has 1 aliphatic carbocycles. The van der Waals surface area contributed by atoms with Crippen molar-refractivity contribution >= 4 is 27.8 Å². The molecule has 2 aromatic carbocycles. The molecule has 2 aliphatic heterocycles. The summed E-state index contributed by atoms with van der Waals surface area (Å²) in [6.07, 6.45) is 5.41. The topological polar surface area (TPSA) is 29.3 Å². The number of nitrogens with zero attached hydrogens (tertiary/aromatic N) is 2. The molecule has 150 valence electrons. The number of hydrogen-bond acceptors (Lipinski definition) is 3. The Morgan fingerprint density at radius 3 is 2.73 bits per heavy atom. The zero-order valence-corrected chi connectivity index (χ0v) is 17.6. The van der Waals surface area contributed by atoms with E-state index in [2.05, 4.69) is 61.2 Å². The van der Waals surface area contributed by atoms with Gasteiger partial charge >= 0.3 is 0 Å². The standard InChI is InChI=1S/C27H26N2O/c1-15-7-9-21-23(13-15)29-14-18-8-10-19-20-11-12-22(16(2)17-5-3-4-6-17)28-27(20)30-26(19)24(18)25(21)29/h7-13,16-17,25H,3-6,14H2,1-2H3/t16?,25-/m0/s1. The molecule has 1 unspecified atom stereocenters. The van der Waals surface area contributed by atoms with Gasteiger partial charge < -0.3 is 9.32 Å². The zero-order chi connectivity index (χ0) is 20.0. The summed E-state index contributed by atoms with van der Waals surface area (Å²) in [7, 11) is 0. The Morgan fingerprint density at radius 2 is 1.87 bits per heavy atom. The second-order valence-electron chi connectivity index (χ2n) is 9.63. The van der Waals surface area contributed by atoms with Crippen LogP contribution in [0, 0.1) is 12.8 Å². The molecule has 1 fully saturated rings. The van der Waals surface area contributed by atoms with Crippen LogP contribution in [0.25, 0.3) is 22.1 Å². The first-order chi connectivity index (χ1) is 14.7. The minimum atomic E-state index is 0.330. The van der Waals surface area contributed by atoms with Crippen LogP contribution in [-0.2, 0) is 6.54 Å². The summed E-state index contributed by atoms with van der Waals surface area (Å²) in [6.45, 7) is 5.49. The van der Waals surface area contributed by atoms with Crippen molar-refractivity contribution in [1.29, 1.82) is 0 Å². The molecular weight excluding hydrogens is 368 g/mol. The van der Waals surface area contributed by atoms with Crippen LogP contribution in [0.5, 0.6) is 0 Å². The molecule has 0 bridgehead atoms. The fraction of sp³-hybridized carbons (Fsp3) is 0.370. The minimum Gasteiger partial charge on any atom is -0.437 e. The van der Waals surface area contributed by atoms with Gasteiger partial charge in [-0.15, -0.1) is 0 Å². The van der Waals surface area contributed by atoms with Crippen molar-refractivity contribution in [3.8, 4) is 0 Å². The monoisotopic (exact) mass is 394 g/mol. The molecule has 0 radical (unpaired) electrons. The summed E-state index contributed by atoms with van der Waals surface area (Å²) in [6, 6.07) is 16.2. The van der Waals surface area contributed by atoms with Gasteiger partial charge in [-0.25, -0.2) is 4.98 Å². The number of fused-ring (bicyclic) bond motifs is 10. The van der Waals surface area contributed by atoms with Gasteiger partial charge in [-0.05, 0) is 55.0 Å². The van der Waals surface area contributed by atoms with Crippen molar-refractivity contribution in [2.24, 2.45) is 5.92 Å². The van der Waals surface area contributed by atoms with Gasteiger partial charge in [0, 0.05) is 45.7 Å². The quantitative estimate of drug-likeness (QED) is 0.366. The summed E-state index contributed by atoms with van der Waals surface area (Å²) in [4.78, 5) is 7.53. The number of aromatic nitrogens is 1. The smallest absolute Gasteiger partial charge is 0.227 e. The van der Waals surface area contributed by atoms with Crippen LogP contribution >= 0.6 is 0 Å². The van der Waals surface area contributed by atoms with Crippen molar-refractivity contribution in [3.05, 3.63) is 70.4 Å². The number of hydrogen-bond donors (Lipinski definition) is 0. The van der Waals surface area contributed by atoms with Crippen LogP contribution in [0.2, 0.25) is 0 Å². The van der Waals surface area contributed by atoms with Gasteiger partial charge in [0.15, 0.2) is 0 Å². The van der Waals surface area contributed by atoms with E-state index in [0.29, 0.717) is 12.0 Å². The van der Waals surface area contributed by atoms with Crippen LogP contribution in [0.1, 0.15) is 72.5 Å². The van der Waals surface area contributed by atoms with Gasteiger partial charge in [0.1, 0.15) is 5.58 Å². The van der Waals surface area contributed by atoms with Crippen molar-refractivity contribution in [2.75, 3.05) is 4.90 Å². The molecule has 30 heavy (non-hydrogen) atoms. The number of benzene rings is 2. The molecule has 1 saturated carbocycles. The minimum absolute atomic E-state index is 0.330. The molecule has 0 spiro atoms. The third kappa shape index (κ3) is 2.13. The number of rotatable bonds is 2. The number of anilines is 1. The Balaban J connectivity index is 1.37. The maximum Gasteiger partial charge on any atom is 0.227 e. The normalized spacial score (nSPS) is 21.0. The van der Waals surface area contributed by atoms with Gasteiger partial charge in [-0.2, -0.15) is 0 Å². The second kappa shape index (κ2) is 5.87. The Bertz CT molecular complexity index is 1330. The fourth-order valence-electron chi connectivity index (χ4n) is 6.23. The number of furan rings is 1. The van der Waals surface area contributed by atoms with Crippen molar-refractivity contribution < 1.29 is 4.42 Å². The van der Waals surface area contributed by atoms with Crippen molar-refractivity contribution in [1.82, 2.24) is 4.98 Å².